The highest BCUT2D eigenvalue weighted by atomic mass is 35.5. The summed E-state index contributed by atoms with van der Waals surface area (Å²) < 4.78 is 12.5. The van der Waals surface area contributed by atoms with Crippen molar-refractivity contribution in [1.29, 1.82) is 0 Å². The van der Waals surface area contributed by atoms with Crippen LogP contribution in [-0.2, 0) is 6.54 Å². The van der Waals surface area contributed by atoms with Gasteiger partial charge in [0.05, 0.1) is 19.0 Å². The van der Waals surface area contributed by atoms with E-state index in [9.17, 15) is 9.59 Å². The Hall–Kier alpha value is -5.15. The molecule has 3 aromatic carbocycles. The van der Waals surface area contributed by atoms with Crippen LogP contribution in [0.2, 0.25) is 5.02 Å². The van der Waals surface area contributed by atoms with Crippen LogP contribution in [0.25, 0.3) is 5.69 Å². The Kier molecular flexibility index (Phi) is 8.03. The lowest BCUT2D eigenvalue weighted by atomic mass is 10.2. The van der Waals surface area contributed by atoms with Crippen LogP contribution in [0.3, 0.4) is 0 Å². The van der Waals surface area contributed by atoms with E-state index in [1.807, 2.05) is 12.1 Å². The third-order valence-corrected chi connectivity index (χ3v) is 6.17. The zero-order chi connectivity index (χ0) is 27.9. The first-order valence-electron chi connectivity index (χ1n) is 12.2. The number of carbonyl (C=O) groups excluding carboxylic acids is 1. The summed E-state index contributed by atoms with van der Waals surface area (Å²) in [6, 6.07) is 24.2. The SMILES string of the molecule is COc1ccc(Oc2cnn(-c3ccc(Cl)cc3)c(=O)c2Nc2ccc(C(=O)NCc3ccncc3)cc2)cc1. The number of pyridine rings is 1. The van der Waals surface area contributed by atoms with E-state index in [-0.39, 0.29) is 17.3 Å². The number of carbonyl (C=O) groups is 1. The summed E-state index contributed by atoms with van der Waals surface area (Å²) >= 11 is 6.02. The van der Waals surface area contributed by atoms with Gasteiger partial charge >= 0.3 is 0 Å². The lowest BCUT2D eigenvalue weighted by molar-refractivity contribution is 0.0951. The number of rotatable bonds is 9. The van der Waals surface area contributed by atoms with E-state index < -0.39 is 5.56 Å². The van der Waals surface area contributed by atoms with Gasteiger partial charge in [0.15, 0.2) is 11.4 Å². The number of nitrogens with one attached hydrogen (secondary N) is 2. The molecule has 0 saturated heterocycles. The van der Waals surface area contributed by atoms with E-state index in [1.54, 1.807) is 92.3 Å². The van der Waals surface area contributed by atoms with Crippen molar-refractivity contribution in [1.82, 2.24) is 20.1 Å². The Labute approximate surface area is 235 Å². The van der Waals surface area contributed by atoms with E-state index in [0.29, 0.717) is 40.0 Å². The van der Waals surface area contributed by atoms with Crippen LogP contribution in [0.1, 0.15) is 15.9 Å². The van der Waals surface area contributed by atoms with Gasteiger partial charge in [-0.25, -0.2) is 0 Å². The lowest BCUT2D eigenvalue weighted by Gasteiger charge is -2.15. The van der Waals surface area contributed by atoms with Crippen LogP contribution in [0.5, 0.6) is 17.2 Å². The molecule has 0 spiro atoms. The van der Waals surface area contributed by atoms with Gasteiger partial charge in [0.2, 0.25) is 0 Å². The third kappa shape index (κ3) is 6.28. The predicted octanol–water partition coefficient (Wildman–Crippen LogP) is 5.76. The van der Waals surface area contributed by atoms with Crippen molar-refractivity contribution >= 4 is 28.9 Å². The van der Waals surface area contributed by atoms with Gasteiger partial charge in [0.25, 0.3) is 11.5 Å². The molecular formula is C30H24ClN5O4. The molecule has 10 heteroatoms. The second-order valence-corrected chi connectivity index (χ2v) is 9.03. The largest absolute Gasteiger partial charge is 0.497 e. The third-order valence-electron chi connectivity index (χ3n) is 5.92. The number of hydrogen-bond donors (Lipinski definition) is 2. The zero-order valence-corrected chi connectivity index (χ0v) is 22.1. The first-order valence-corrected chi connectivity index (χ1v) is 12.6. The smallest absolute Gasteiger partial charge is 0.299 e. The van der Waals surface area contributed by atoms with Gasteiger partial charge in [-0.15, -0.1) is 0 Å². The fourth-order valence-corrected chi connectivity index (χ4v) is 3.93. The van der Waals surface area contributed by atoms with Crippen LogP contribution < -0.4 is 25.7 Å². The number of ether oxygens (including phenoxy) is 2. The van der Waals surface area contributed by atoms with Gasteiger partial charge in [0, 0.05) is 35.2 Å². The number of hydrogen-bond acceptors (Lipinski definition) is 7. The van der Waals surface area contributed by atoms with Crippen LogP contribution in [0, 0.1) is 0 Å². The Balaban J connectivity index is 1.41. The van der Waals surface area contributed by atoms with Crippen molar-refractivity contribution in [2.45, 2.75) is 6.54 Å². The number of nitrogens with zero attached hydrogens (tertiary/aromatic N) is 3. The van der Waals surface area contributed by atoms with Crippen molar-refractivity contribution in [3.63, 3.8) is 0 Å². The monoisotopic (exact) mass is 553 g/mol. The first kappa shape index (κ1) is 26.5. The summed E-state index contributed by atoms with van der Waals surface area (Å²) in [5, 5.41) is 10.9. The topological polar surface area (TPSA) is 107 Å². The summed E-state index contributed by atoms with van der Waals surface area (Å²) in [6.45, 7) is 0.384. The average molecular weight is 554 g/mol. The van der Waals surface area contributed by atoms with Crippen molar-refractivity contribution in [2.24, 2.45) is 0 Å². The van der Waals surface area contributed by atoms with Gasteiger partial charge in [-0.3, -0.25) is 14.6 Å². The summed E-state index contributed by atoms with van der Waals surface area (Å²) in [5.74, 6) is 1.17. The van der Waals surface area contributed by atoms with E-state index in [1.165, 1.54) is 10.9 Å². The average Bonchev–Trinajstić information content (AvgIpc) is 2.99. The highest BCUT2D eigenvalue weighted by Crippen LogP contribution is 2.30. The molecule has 200 valence electrons. The van der Waals surface area contributed by atoms with Crippen LogP contribution in [-0.4, -0.2) is 27.8 Å². The fraction of sp³-hybridized carbons (Fsp3) is 0.0667. The van der Waals surface area contributed by atoms with Crippen molar-refractivity contribution in [3.8, 4) is 22.9 Å². The highest BCUT2D eigenvalue weighted by molar-refractivity contribution is 6.30. The minimum absolute atomic E-state index is 0.163. The maximum absolute atomic E-state index is 13.6. The number of aromatic nitrogens is 3. The predicted molar refractivity (Wildman–Crippen MR) is 153 cm³/mol. The molecule has 40 heavy (non-hydrogen) atoms. The first-order chi connectivity index (χ1) is 19.5. The van der Waals surface area contributed by atoms with E-state index in [2.05, 4.69) is 20.7 Å². The maximum atomic E-state index is 13.6. The molecule has 0 unspecified atom stereocenters. The lowest BCUT2D eigenvalue weighted by Crippen LogP contribution is -2.24. The zero-order valence-electron chi connectivity index (χ0n) is 21.4. The summed E-state index contributed by atoms with van der Waals surface area (Å²) in [6.07, 6.45) is 4.81. The Morgan fingerprint density at radius 3 is 2.25 bits per heavy atom. The summed E-state index contributed by atoms with van der Waals surface area (Å²) in [7, 11) is 1.58. The summed E-state index contributed by atoms with van der Waals surface area (Å²) in [5.41, 5.74) is 2.26. The van der Waals surface area contributed by atoms with Crippen molar-refractivity contribution < 1.29 is 14.3 Å². The highest BCUT2D eigenvalue weighted by Gasteiger charge is 2.16. The molecule has 0 aliphatic heterocycles. The van der Waals surface area contributed by atoms with Gasteiger partial charge in [-0.2, -0.15) is 9.78 Å². The minimum atomic E-state index is -0.437. The molecule has 0 aliphatic rings. The second kappa shape index (κ2) is 12.1. The fourth-order valence-electron chi connectivity index (χ4n) is 3.80. The van der Waals surface area contributed by atoms with Crippen molar-refractivity contribution in [3.05, 3.63) is 130 Å². The second-order valence-electron chi connectivity index (χ2n) is 8.60. The van der Waals surface area contributed by atoms with Gasteiger partial charge in [-0.1, -0.05) is 11.6 Å². The molecule has 0 bridgehead atoms. The molecule has 2 heterocycles. The molecule has 0 atom stereocenters. The Morgan fingerprint density at radius 1 is 0.900 bits per heavy atom. The molecule has 5 aromatic rings. The standard InChI is InChI=1S/C30H24ClN5O4/c1-39-25-10-12-26(13-11-25)40-27-19-34-36(24-8-4-22(31)5-9-24)30(38)28(27)35-23-6-2-21(3-7-23)29(37)33-18-20-14-16-32-17-15-20/h2-17,19,35H,18H2,1H3,(H,33,37). The van der Waals surface area contributed by atoms with Gasteiger partial charge in [0.1, 0.15) is 11.5 Å². The number of anilines is 2. The normalized spacial score (nSPS) is 10.6. The van der Waals surface area contributed by atoms with E-state index in [0.717, 1.165) is 5.56 Å². The summed E-state index contributed by atoms with van der Waals surface area (Å²) in [4.78, 5) is 30.2. The molecular weight excluding hydrogens is 530 g/mol. The number of methoxy groups -OCH3 is 1. The maximum Gasteiger partial charge on any atom is 0.299 e. The molecule has 0 saturated carbocycles. The molecule has 2 aromatic heterocycles. The molecule has 2 N–H and O–H groups in total. The molecule has 0 radical (unpaired) electrons. The van der Waals surface area contributed by atoms with E-state index >= 15 is 0 Å². The number of benzene rings is 3. The molecule has 0 fully saturated rings. The van der Waals surface area contributed by atoms with Crippen LogP contribution in [0.15, 0.2) is 108 Å². The Morgan fingerprint density at radius 2 is 1.57 bits per heavy atom. The number of halogens is 1. The van der Waals surface area contributed by atoms with Crippen LogP contribution in [0.4, 0.5) is 11.4 Å². The quantitative estimate of drug-likeness (QED) is 0.239. The van der Waals surface area contributed by atoms with Crippen molar-refractivity contribution in [2.75, 3.05) is 12.4 Å². The Bertz CT molecular complexity index is 1660. The molecule has 9 nitrogen and oxygen atoms in total. The van der Waals surface area contributed by atoms with Gasteiger partial charge in [-0.05, 0) is 90.5 Å². The van der Waals surface area contributed by atoms with E-state index in [4.69, 9.17) is 21.1 Å². The molecule has 1 amide bonds. The van der Waals surface area contributed by atoms with Crippen LogP contribution >= 0.6 is 11.6 Å². The molecule has 0 aliphatic carbocycles. The van der Waals surface area contributed by atoms with Gasteiger partial charge < -0.3 is 20.1 Å². The number of amides is 1. The molecule has 5 rings (SSSR count). The minimum Gasteiger partial charge on any atom is -0.497 e.